The molecule has 2 saturated heterocycles. The van der Waals surface area contributed by atoms with E-state index < -0.39 is 5.60 Å². The number of carbonyl (C=O) groups is 1. The second-order valence-corrected chi connectivity index (χ2v) is 6.22. The molecule has 0 amide bonds. The van der Waals surface area contributed by atoms with Crippen LogP contribution in [0.15, 0.2) is 0 Å². The van der Waals surface area contributed by atoms with E-state index in [1.54, 1.807) is 0 Å². The summed E-state index contributed by atoms with van der Waals surface area (Å²) < 4.78 is 5.36. The summed E-state index contributed by atoms with van der Waals surface area (Å²) in [7, 11) is 0. The molecule has 4 nitrogen and oxygen atoms in total. The highest BCUT2D eigenvalue weighted by molar-refractivity contribution is 5.60. The van der Waals surface area contributed by atoms with Crippen molar-refractivity contribution >= 4 is 6.29 Å². The Kier molecular flexibility index (Phi) is 4.41. The summed E-state index contributed by atoms with van der Waals surface area (Å²) in [5.41, 5.74) is -0.743. The molecule has 1 N–H and O–H groups in total. The van der Waals surface area contributed by atoms with Crippen molar-refractivity contribution in [3.8, 4) is 0 Å². The van der Waals surface area contributed by atoms with Crippen molar-refractivity contribution in [1.82, 2.24) is 4.90 Å². The third kappa shape index (κ3) is 3.53. The van der Waals surface area contributed by atoms with Crippen LogP contribution in [0.4, 0.5) is 0 Å². The molecule has 0 spiro atoms. The highest BCUT2D eigenvalue weighted by Gasteiger charge is 2.35. The van der Waals surface area contributed by atoms with Gasteiger partial charge in [-0.3, -0.25) is 0 Å². The van der Waals surface area contributed by atoms with Crippen LogP contribution in [0.5, 0.6) is 0 Å². The monoisotopic (exact) mass is 255 g/mol. The lowest BCUT2D eigenvalue weighted by Gasteiger charge is -2.36. The lowest BCUT2D eigenvalue weighted by molar-refractivity contribution is -0.123. The van der Waals surface area contributed by atoms with Crippen LogP contribution in [0.2, 0.25) is 0 Å². The van der Waals surface area contributed by atoms with Crippen LogP contribution in [0.25, 0.3) is 0 Å². The molecular weight excluding hydrogens is 230 g/mol. The van der Waals surface area contributed by atoms with Gasteiger partial charge in [0.2, 0.25) is 0 Å². The number of likely N-dealkylation sites (tertiary alicyclic amines) is 1. The molecule has 0 radical (unpaired) electrons. The second-order valence-electron chi connectivity index (χ2n) is 6.22. The molecule has 2 rings (SSSR count). The van der Waals surface area contributed by atoms with Gasteiger partial charge in [0.25, 0.3) is 0 Å². The summed E-state index contributed by atoms with van der Waals surface area (Å²) in [6.45, 7) is 6.03. The lowest BCUT2D eigenvalue weighted by Crippen LogP contribution is -2.43. The van der Waals surface area contributed by atoms with Crippen molar-refractivity contribution in [3.63, 3.8) is 0 Å². The zero-order valence-corrected chi connectivity index (χ0v) is 11.4. The maximum Gasteiger partial charge on any atom is 0.127 e. The molecule has 104 valence electrons. The first-order chi connectivity index (χ1) is 8.55. The van der Waals surface area contributed by atoms with E-state index in [2.05, 4.69) is 4.90 Å². The molecule has 2 fully saturated rings. The zero-order valence-electron chi connectivity index (χ0n) is 11.4. The third-order valence-electron chi connectivity index (χ3n) is 4.43. The molecule has 0 bridgehead atoms. The van der Waals surface area contributed by atoms with Gasteiger partial charge < -0.3 is 19.5 Å². The quantitative estimate of drug-likeness (QED) is 0.770. The molecule has 2 aliphatic rings. The predicted octanol–water partition coefficient (Wildman–Crippen LogP) is 1.22. The molecule has 0 aliphatic carbocycles. The SMILES string of the molecule is CC1(O)CCCN(CC2(C=O)CCOCC2)CC1. The smallest absolute Gasteiger partial charge is 0.127 e. The fourth-order valence-electron chi connectivity index (χ4n) is 3.01. The van der Waals surface area contributed by atoms with Crippen LogP contribution in [0.1, 0.15) is 39.0 Å². The fraction of sp³-hybridized carbons (Fsp3) is 0.929. The van der Waals surface area contributed by atoms with Crippen LogP contribution in [-0.2, 0) is 9.53 Å². The van der Waals surface area contributed by atoms with Gasteiger partial charge >= 0.3 is 0 Å². The standard InChI is InChI=1S/C14H25NO3/c1-13(17)3-2-7-15(8-4-13)11-14(12-16)5-9-18-10-6-14/h12,17H,2-11H2,1H3. The van der Waals surface area contributed by atoms with Crippen LogP contribution in [0.3, 0.4) is 0 Å². The highest BCUT2D eigenvalue weighted by atomic mass is 16.5. The molecule has 18 heavy (non-hydrogen) atoms. The Morgan fingerprint density at radius 3 is 2.61 bits per heavy atom. The molecule has 2 heterocycles. The molecule has 0 aromatic rings. The molecule has 4 heteroatoms. The summed E-state index contributed by atoms with van der Waals surface area (Å²) >= 11 is 0. The first kappa shape index (κ1) is 14.0. The van der Waals surface area contributed by atoms with Crippen molar-refractivity contribution in [3.05, 3.63) is 0 Å². The van der Waals surface area contributed by atoms with E-state index in [1.807, 2.05) is 6.92 Å². The normalized spacial score (nSPS) is 33.9. The summed E-state index contributed by atoms with van der Waals surface area (Å²) in [4.78, 5) is 13.8. The predicted molar refractivity (Wildman–Crippen MR) is 69.5 cm³/mol. The van der Waals surface area contributed by atoms with E-state index in [-0.39, 0.29) is 5.41 Å². The first-order valence-electron chi connectivity index (χ1n) is 7.04. The van der Waals surface area contributed by atoms with Gasteiger partial charge in [0, 0.05) is 31.7 Å². The van der Waals surface area contributed by atoms with Gasteiger partial charge in [-0.15, -0.1) is 0 Å². The first-order valence-corrected chi connectivity index (χ1v) is 7.04. The summed E-state index contributed by atoms with van der Waals surface area (Å²) in [6.07, 6.45) is 5.49. The second kappa shape index (κ2) is 5.68. The van der Waals surface area contributed by atoms with Gasteiger partial charge in [-0.2, -0.15) is 0 Å². The lowest BCUT2D eigenvalue weighted by atomic mass is 9.81. The van der Waals surface area contributed by atoms with Crippen LogP contribution in [-0.4, -0.2) is 54.7 Å². The Morgan fingerprint density at radius 2 is 1.94 bits per heavy atom. The van der Waals surface area contributed by atoms with E-state index >= 15 is 0 Å². The van der Waals surface area contributed by atoms with Gasteiger partial charge in [-0.1, -0.05) is 0 Å². The maximum atomic E-state index is 11.4. The minimum absolute atomic E-state index is 0.214. The van der Waals surface area contributed by atoms with Crippen LogP contribution < -0.4 is 0 Å². The number of carbonyl (C=O) groups excluding carboxylic acids is 1. The van der Waals surface area contributed by atoms with Crippen molar-refractivity contribution in [2.75, 3.05) is 32.8 Å². The Bertz CT molecular complexity index is 285. The number of rotatable bonds is 3. The van der Waals surface area contributed by atoms with E-state index in [0.717, 1.165) is 58.0 Å². The summed E-state index contributed by atoms with van der Waals surface area (Å²) in [5, 5.41) is 10.1. The molecule has 0 aromatic carbocycles. The molecule has 0 aromatic heterocycles. The van der Waals surface area contributed by atoms with Crippen LogP contribution >= 0.6 is 0 Å². The Morgan fingerprint density at radius 1 is 1.22 bits per heavy atom. The molecular formula is C14H25NO3. The van der Waals surface area contributed by atoms with Gasteiger partial charge in [-0.25, -0.2) is 0 Å². The van der Waals surface area contributed by atoms with Crippen molar-refractivity contribution < 1.29 is 14.6 Å². The third-order valence-corrected chi connectivity index (χ3v) is 4.43. The number of hydrogen-bond acceptors (Lipinski definition) is 4. The van der Waals surface area contributed by atoms with Crippen molar-refractivity contribution in [2.24, 2.45) is 5.41 Å². The minimum atomic E-state index is -0.529. The zero-order chi connectivity index (χ0) is 13.1. The number of aliphatic hydroxyl groups is 1. The number of hydrogen-bond donors (Lipinski definition) is 1. The molecule has 1 atom stereocenters. The van der Waals surface area contributed by atoms with Crippen molar-refractivity contribution in [2.45, 2.75) is 44.6 Å². The van der Waals surface area contributed by atoms with Crippen LogP contribution in [0, 0.1) is 5.41 Å². The number of ether oxygens (including phenoxy) is 1. The van der Waals surface area contributed by atoms with Gasteiger partial charge in [0.15, 0.2) is 0 Å². The fourth-order valence-corrected chi connectivity index (χ4v) is 3.01. The summed E-state index contributed by atoms with van der Waals surface area (Å²) in [6, 6.07) is 0. The molecule has 1 unspecified atom stereocenters. The van der Waals surface area contributed by atoms with Gasteiger partial charge in [0.1, 0.15) is 6.29 Å². The molecule has 2 aliphatic heterocycles. The minimum Gasteiger partial charge on any atom is -0.390 e. The number of aldehydes is 1. The van der Waals surface area contributed by atoms with E-state index in [4.69, 9.17) is 4.74 Å². The van der Waals surface area contributed by atoms with Gasteiger partial charge in [0.05, 0.1) is 5.60 Å². The topological polar surface area (TPSA) is 49.8 Å². The van der Waals surface area contributed by atoms with E-state index in [0.29, 0.717) is 13.2 Å². The number of nitrogens with zero attached hydrogens (tertiary/aromatic N) is 1. The summed E-state index contributed by atoms with van der Waals surface area (Å²) in [5.74, 6) is 0. The molecule has 0 saturated carbocycles. The Balaban J connectivity index is 1.93. The average Bonchev–Trinajstić information content (AvgIpc) is 2.52. The van der Waals surface area contributed by atoms with E-state index in [9.17, 15) is 9.90 Å². The Labute approximate surface area is 109 Å². The average molecular weight is 255 g/mol. The van der Waals surface area contributed by atoms with Crippen molar-refractivity contribution in [1.29, 1.82) is 0 Å². The highest BCUT2D eigenvalue weighted by Crippen LogP contribution is 2.31. The van der Waals surface area contributed by atoms with Gasteiger partial charge in [-0.05, 0) is 45.6 Å². The Hall–Kier alpha value is -0.450. The maximum absolute atomic E-state index is 11.4. The van der Waals surface area contributed by atoms with E-state index in [1.165, 1.54) is 0 Å². The largest absolute Gasteiger partial charge is 0.390 e.